The van der Waals surface area contributed by atoms with E-state index in [9.17, 15) is 5.11 Å². The van der Waals surface area contributed by atoms with E-state index in [1.54, 1.807) is 11.3 Å². The van der Waals surface area contributed by atoms with Crippen molar-refractivity contribution in [2.45, 2.75) is 26.3 Å². The zero-order valence-corrected chi connectivity index (χ0v) is 20.7. The molecule has 0 bridgehead atoms. The minimum absolute atomic E-state index is 0.207. The summed E-state index contributed by atoms with van der Waals surface area (Å²) in [5, 5.41) is 18.0. The minimum Gasteiger partial charge on any atom is -0.395 e. The fraction of sp³-hybridized carbons (Fsp3) is 0.440. The molecule has 9 nitrogen and oxygen atoms in total. The van der Waals surface area contributed by atoms with Crippen LogP contribution in [0.15, 0.2) is 36.8 Å². The van der Waals surface area contributed by atoms with Gasteiger partial charge in [0, 0.05) is 63.3 Å². The second-order valence-electron chi connectivity index (χ2n) is 9.52. The van der Waals surface area contributed by atoms with Gasteiger partial charge in [0.2, 0.25) is 0 Å². The highest BCUT2D eigenvalue weighted by Gasteiger charge is 2.22. The summed E-state index contributed by atoms with van der Waals surface area (Å²) < 4.78 is 3.09. The molecule has 0 spiro atoms. The molecule has 0 radical (unpaired) electrons. The van der Waals surface area contributed by atoms with E-state index in [1.807, 2.05) is 29.2 Å². The summed E-state index contributed by atoms with van der Waals surface area (Å²) >= 11 is 1.64. The molecule has 10 heteroatoms. The summed E-state index contributed by atoms with van der Waals surface area (Å²) in [4.78, 5) is 18.9. The van der Waals surface area contributed by atoms with E-state index >= 15 is 0 Å². The predicted octanol–water partition coefficient (Wildman–Crippen LogP) is 3.53. The molecule has 4 aromatic rings. The number of fused-ring (bicyclic) bond motifs is 1. The van der Waals surface area contributed by atoms with Crippen LogP contribution in [0.4, 0.5) is 17.5 Å². The number of anilines is 3. The maximum absolute atomic E-state index is 9.18. The van der Waals surface area contributed by atoms with Crippen molar-refractivity contribution in [3.05, 3.63) is 42.4 Å². The number of β-amino-alcohol motifs (C(OH)–C–C–N with tert-alkyl or cyclic N) is 1. The molecule has 35 heavy (non-hydrogen) atoms. The molecule has 1 aliphatic heterocycles. The molecule has 182 valence electrons. The van der Waals surface area contributed by atoms with Crippen LogP contribution in [0.5, 0.6) is 0 Å². The smallest absolute Gasteiger partial charge is 0.134 e. The van der Waals surface area contributed by atoms with Gasteiger partial charge in [-0.3, -0.25) is 9.58 Å². The highest BCUT2D eigenvalue weighted by Crippen LogP contribution is 2.33. The third-order valence-electron chi connectivity index (χ3n) is 6.62. The number of aliphatic hydroxyl groups is 1. The number of aryl methyl sites for hydroxylation is 1. The van der Waals surface area contributed by atoms with Crippen molar-refractivity contribution in [1.82, 2.24) is 29.6 Å². The first-order valence-corrected chi connectivity index (χ1v) is 13.1. The number of pyridine rings is 2. The molecule has 1 aliphatic carbocycles. The van der Waals surface area contributed by atoms with Crippen LogP contribution < -0.4 is 10.2 Å². The van der Waals surface area contributed by atoms with Gasteiger partial charge in [-0.15, -0.1) is 11.3 Å². The molecule has 0 atom stereocenters. The monoisotopic (exact) mass is 490 g/mol. The number of hydrogen-bond acceptors (Lipinski definition) is 9. The SMILES string of the molecule is Cc1cc(Nc2cc3nc(-c4cnn(CC5CC5)c4)sc3cn2)nc(N2CCN(CCO)CC2)c1. The third-order valence-corrected chi connectivity index (χ3v) is 7.68. The van der Waals surface area contributed by atoms with Gasteiger partial charge in [0.1, 0.15) is 22.5 Å². The lowest BCUT2D eigenvalue weighted by Crippen LogP contribution is -2.47. The first-order chi connectivity index (χ1) is 17.1. The van der Waals surface area contributed by atoms with Crippen LogP contribution in [0, 0.1) is 12.8 Å². The summed E-state index contributed by atoms with van der Waals surface area (Å²) in [6, 6.07) is 6.15. The van der Waals surface area contributed by atoms with Crippen molar-refractivity contribution < 1.29 is 5.11 Å². The zero-order valence-electron chi connectivity index (χ0n) is 19.9. The topological polar surface area (TPSA) is 95.2 Å². The van der Waals surface area contributed by atoms with E-state index in [-0.39, 0.29) is 6.61 Å². The average Bonchev–Trinajstić information content (AvgIpc) is 3.36. The molecule has 0 amide bonds. The molecule has 2 aliphatic rings. The van der Waals surface area contributed by atoms with Crippen LogP contribution in [0.3, 0.4) is 0 Å². The predicted molar refractivity (Wildman–Crippen MR) is 139 cm³/mol. The van der Waals surface area contributed by atoms with Crippen LogP contribution in [-0.4, -0.2) is 74.1 Å². The molecule has 4 aromatic heterocycles. The fourth-order valence-electron chi connectivity index (χ4n) is 4.51. The van der Waals surface area contributed by atoms with Gasteiger partial charge in [-0.2, -0.15) is 5.10 Å². The van der Waals surface area contributed by atoms with Gasteiger partial charge in [0.05, 0.1) is 23.0 Å². The maximum Gasteiger partial charge on any atom is 0.134 e. The Morgan fingerprint density at radius 1 is 1.06 bits per heavy atom. The Morgan fingerprint density at radius 3 is 2.71 bits per heavy atom. The summed E-state index contributed by atoms with van der Waals surface area (Å²) in [5.41, 5.74) is 3.13. The lowest BCUT2D eigenvalue weighted by molar-refractivity contribution is 0.188. The van der Waals surface area contributed by atoms with Gasteiger partial charge in [0.15, 0.2) is 0 Å². The number of rotatable bonds is 8. The normalized spacial score (nSPS) is 16.8. The van der Waals surface area contributed by atoms with E-state index in [1.165, 1.54) is 12.8 Å². The number of nitrogens with one attached hydrogen (secondary N) is 1. The lowest BCUT2D eigenvalue weighted by atomic mass is 10.2. The van der Waals surface area contributed by atoms with Gasteiger partial charge < -0.3 is 15.3 Å². The first kappa shape index (κ1) is 22.4. The third kappa shape index (κ3) is 5.14. The van der Waals surface area contributed by atoms with Crippen molar-refractivity contribution in [2.75, 3.05) is 49.5 Å². The van der Waals surface area contributed by atoms with Gasteiger partial charge in [-0.25, -0.2) is 15.0 Å². The van der Waals surface area contributed by atoms with Crippen molar-refractivity contribution in [3.8, 4) is 10.6 Å². The standard InChI is InChI=1S/C25H30N8OS/c1-17-10-23(30-24(11-17)32-6-4-31(5-7-32)8-9-34)29-22-12-20-21(14-26-22)35-25(28-20)19-13-27-33(16-19)15-18-2-3-18/h10-14,16,18,34H,2-9,15H2,1H3,(H,26,29,30). The molecule has 1 saturated heterocycles. The van der Waals surface area contributed by atoms with E-state index in [2.05, 4.69) is 44.4 Å². The molecule has 0 aromatic carbocycles. The minimum atomic E-state index is 0.207. The Morgan fingerprint density at radius 2 is 1.91 bits per heavy atom. The van der Waals surface area contributed by atoms with Crippen LogP contribution >= 0.6 is 11.3 Å². The molecule has 2 fully saturated rings. The van der Waals surface area contributed by atoms with E-state index in [0.717, 1.165) is 89.0 Å². The van der Waals surface area contributed by atoms with Gasteiger partial charge in [-0.05, 0) is 43.4 Å². The number of thiazole rings is 1. The Kier molecular flexibility index (Phi) is 6.09. The van der Waals surface area contributed by atoms with Crippen LogP contribution in [0.1, 0.15) is 18.4 Å². The lowest BCUT2D eigenvalue weighted by Gasteiger charge is -2.35. The second-order valence-corrected chi connectivity index (χ2v) is 10.5. The van der Waals surface area contributed by atoms with Crippen molar-refractivity contribution in [1.29, 1.82) is 0 Å². The van der Waals surface area contributed by atoms with Crippen molar-refractivity contribution in [2.24, 2.45) is 5.92 Å². The summed E-state index contributed by atoms with van der Waals surface area (Å²) in [6.45, 7) is 7.70. The zero-order chi connectivity index (χ0) is 23.8. The largest absolute Gasteiger partial charge is 0.395 e. The first-order valence-electron chi connectivity index (χ1n) is 12.3. The summed E-state index contributed by atoms with van der Waals surface area (Å²) in [6.07, 6.45) is 8.52. The number of hydrogen-bond donors (Lipinski definition) is 2. The van der Waals surface area contributed by atoms with E-state index < -0.39 is 0 Å². The highest BCUT2D eigenvalue weighted by atomic mass is 32.1. The molecule has 5 heterocycles. The average molecular weight is 491 g/mol. The number of nitrogens with zero attached hydrogens (tertiary/aromatic N) is 7. The van der Waals surface area contributed by atoms with Gasteiger partial charge in [0.25, 0.3) is 0 Å². The molecule has 2 N–H and O–H groups in total. The molecule has 0 unspecified atom stereocenters. The van der Waals surface area contributed by atoms with Crippen molar-refractivity contribution >= 4 is 39.0 Å². The summed E-state index contributed by atoms with van der Waals surface area (Å²) in [5.74, 6) is 3.27. The van der Waals surface area contributed by atoms with Crippen LogP contribution in [0.2, 0.25) is 0 Å². The van der Waals surface area contributed by atoms with Gasteiger partial charge in [-0.1, -0.05) is 0 Å². The van der Waals surface area contributed by atoms with Crippen LogP contribution in [0.25, 0.3) is 20.8 Å². The quantitative estimate of drug-likeness (QED) is 0.387. The number of piperazine rings is 1. The molecular weight excluding hydrogens is 460 g/mol. The highest BCUT2D eigenvalue weighted by molar-refractivity contribution is 7.21. The summed E-state index contributed by atoms with van der Waals surface area (Å²) in [7, 11) is 0. The van der Waals surface area contributed by atoms with Crippen molar-refractivity contribution in [3.63, 3.8) is 0 Å². The molecule has 6 rings (SSSR count). The van der Waals surface area contributed by atoms with Crippen LogP contribution in [-0.2, 0) is 6.54 Å². The Balaban J connectivity index is 1.18. The number of aromatic nitrogens is 5. The molecule has 1 saturated carbocycles. The number of aliphatic hydroxyl groups excluding tert-OH is 1. The van der Waals surface area contributed by atoms with Gasteiger partial charge >= 0.3 is 0 Å². The Labute approximate surface area is 208 Å². The second kappa shape index (κ2) is 9.52. The van der Waals surface area contributed by atoms with E-state index in [0.29, 0.717) is 0 Å². The Hall–Kier alpha value is -3.08. The Bertz CT molecular complexity index is 1320. The fourth-order valence-corrected chi connectivity index (χ4v) is 5.40. The molecular formula is C25H30N8OS. The maximum atomic E-state index is 9.18. The van der Waals surface area contributed by atoms with E-state index in [4.69, 9.17) is 9.97 Å².